The van der Waals surface area contributed by atoms with Gasteiger partial charge in [-0.25, -0.2) is 0 Å². The van der Waals surface area contributed by atoms with Gasteiger partial charge in [0.25, 0.3) is 5.91 Å². The molecule has 2 N–H and O–H groups in total. The van der Waals surface area contributed by atoms with Crippen LogP contribution in [0, 0.1) is 0 Å². The van der Waals surface area contributed by atoms with Crippen molar-refractivity contribution in [3.63, 3.8) is 0 Å². The molecule has 0 bridgehead atoms. The number of thiophene rings is 1. The number of hydrogen-bond donors (Lipinski definition) is 2. The van der Waals surface area contributed by atoms with Gasteiger partial charge in [-0.1, -0.05) is 49.2 Å². The lowest BCUT2D eigenvalue weighted by Crippen LogP contribution is -2.47. The molecule has 1 heterocycles. The van der Waals surface area contributed by atoms with Gasteiger partial charge in [0.05, 0.1) is 18.0 Å². The maximum atomic E-state index is 12.7. The van der Waals surface area contributed by atoms with E-state index in [0.29, 0.717) is 17.8 Å². The standard InChI is InChI=1S/C22H27N3O3S/c26-20(24-18-9-4-5-10-18)16-25(13-12-17-7-2-1-3-8-17)21(27)15-23-22(28)19-11-6-14-29-19/h1-3,6-8,11,14,18H,4-5,9-10,12-13,15-16H2,(H,23,28)(H,24,26). The third-order valence-electron chi connectivity index (χ3n) is 5.07. The molecule has 29 heavy (non-hydrogen) atoms. The van der Waals surface area contributed by atoms with E-state index in [4.69, 9.17) is 0 Å². The largest absolute Gasteiger partial charge is 0.352 e. The second-order valence-corrected chi connectivity index (χ2v) is 8.21. The summed E-state index contributed by atoms with van der Waals surface area (Å²) in [5.41, 5.74) is 1.10. The normalized spacial score (nSPS) is 13.8. The highest BCUT2D eigenvalue weighted by Crippen LogP contribution is 2.17. The Hall–Kier alpha value is -2.67. The number of amides is 3. The summed E-state index contributed by atoms with van der Waals surface area (Å²) in [5.74, 6) is -0.665. The number of carbonyl (C=O) groups excluding carboxylic acids is 3. The van der Waals surface area contributed by atoms with Crippen LogP contribution in [0.4, 0.5) is 0 Å². The van der Waals surface area contributed by atoms with Gasteiger partial charge >= 0.3 is 0 Å². The van der Waals surface area contributed by atoms with Crippen molar-refractivity contribution in [2.24, 2.45) is 0 Å². The van der Waals surface area contributed by atoms with Gasteiger partial charge in [0.1, 0.15) is 0 Å². The van der Waals surface area contributed by atoms with E-state index < -0.39 is 0 Å². The molecule has 1 aliphatic rings. The molecule has 154 valence electrons. The Morgan fingerprint density at radius 2 is 1.79 bits per heavy atom. The van der Waals surface area contributed by atoms with Crippen LogP contribution < -0.4 is 10.6 Å². The molecule has 0 unspecified atom stereocenters. The summed E-state index contributed by atoms with van der Waals surface area (Å²) in [6, 6.07) is 13.6. The van der Waals surface area contributed by atoms with Crippen molar-refractivity contribution in [3.05, 3.63) is 58.3 Å². The van der Waals surface area contributed by atoms with Crippen LogP contribution in [0.5, 0.6) is 0 Å². The first-order valence-electron chi connectivity index (χ1n) is 10.0. The molecule has 0 atom stereocenters. The van der Waals surface area contributed by atoms with E-state index in [1.165, 1.54) is 16.2 Å². The van der Waals surface area contributed by atoms with E-state index in [1.807, 2.05) is 35.7 Å². The monoisotopic (exact) mass is 413 g/mol. The lowest BCUT2D eigenvalue weighted by Gasteiger charge is -2.23. The van der Waals surface area contributed by atoms with Crippen LogP contribution in [0.1, 0.15) is 40.9 Å². The number of nitrogens with zero attached hydrogens (tertiary/aromatic N) is 1. The highest BCUT2D eigenvalue weighted by Gasteiger charge is 2.22. The summed E-state index contributed by atoms with van der Waals surface area (Å²) in [5, 5.41) is 7.51. The summed E-state index contributed by atoms with van der Waals surface area (Å²) < 4.78 is 0. The molecule has 1 aromatic heterocycles. The summed E-state index contributed by atoms with van der Waals surface area (Å²) in [7, 11) is 0. The second kappa shape index (κ2) is 10.8. The number of nitrogens with one attached hydrogen (secondary N) is 2. The van der Waals surface area contributed by atoms with E-state index in [-0.39, 0.29) is 36.9 Å². The number of benzene rings is 1. The number of hydrogen-bond acceptors (Lipinski definition) is 4. The van der Waals surface area contributed by atoms with E-state index in [1.54, 1.807) is 12.1 Å². The van der Waals surface area contributed by atoms with Crippen LogP contribution in [0.2, 0.25) is 0 Å². The Bertz CT molecular complexity index is 802. The van der Waals surface area contributed by atoms with Crippen molar-refractivity contribution in [1.29, 1.82) is 0 Å². The highest BCUT2D eigenvalue weighted by molar-refractivity contribution is 7.12. The van der Waals surface area contributed by atoms with Crippen molar-refractivity contribution in [1.82, 2.24) is 15.5 Å². The smallest absolute Gasteiger partial charge is 0.261 e. The maximum Gasteiger partial charge on any atom is 0.261 e. The van der Waals surface area contributed by atoms with Crippen LogP contribution in [-0.4, -0.2) is 48.3 Å². The Balaban J connectivity index is 1.56. The quantitative estimate of drug-likeness (QED) is 0.663. The van der Waals surface area contributed by atoms with Crippen molar-refractivity contribution in [2.45, 2.75) is 38.1 Å². The van der Waals surface area contributed by atoms with Crippen molar-refractivity contribution < 1.29 is 14.4 Å². The van der Waals surface area contributed by atoms with Gasteiger partial charge in [-0.2, -0.15) is 0 Å². The molecule has 1 aliphatic carbocycles. The third-order valence-corrected chi connectivity index (χ3v) is 5.93. The van der Waals surface area contributed by atoms with E-state index >= 15 is 0 Å². The zero-order valence-electron chi connectivity index (χ0n) is 16.4. The number of rotatable bonds is 9. The molecule has 0 spiro atoms. The predicted octanol–water partition coefficient (Wildman–Crippen LogP) is 2.61. The zero-order chi connectivity index (χ0) is 20.5. The maximum absolute atomic E-state index is 12.7. The minimum Gasteiger partial charge on any atom is -0.352 e. The van der Waals surface area contributed by atoms with Gasteiger partial charge in [-0.3, -0.25) is 14.4 Å². The number of carbonyl (C=O) groups is 3. The fourth-order valence-corrected chi connectivity index (χ4v) is 4.12. The third kappa shape index (κ3) is 6.71. The first kappa shape index (κ1) is 21.0. The molecule has 1 aromatic carbocycles. The van der Waals surface area contributed by atoms with E-state index in [0.717, 1.165) is 31.2 Å². The summed E-state index contributed by atoms with van der Waals surface area (Å²) in [4.78, 5) is 39.4. The van der Waals surface area contributed by atoms with Gasteiger partial charge < -0.3 is 15.5 Å². The fourth-order valence-electron chi connectivity index (χ4n) is 3.48. The highest BCUT2D eigenvalue weighted by atomic mass is 32.1. The van der Waals surface area contributed by atoms with Gasteiger partial charge in [0, 0.05) is 12.6 Å². The van der Waals surface area contributed by atoms with Crippen LogP contribution in [0.15, 0.2) is 47.8 Å². The summed E-state index contributed by atoms with van der Waals surface area (Å²) in [6.45, 7) is 0.315. The molecule has 0 aliphatic heterocycles. The molecule has 1 fully saturated rings. The molecule has 6 nitrogen and oxygen atoms in total. The molecule has 3 amide bonds. The van der Waals surface area contributed by atoms with Crippen LogP contribution >= 0.6 is 11.3 Å². The SMILES string of the molecule is O=C(CN(CCc1ccccc1)C(=O)CNC(=O)c1cccs1)NC1CCCC1. The Morgan fingerprint density at radius 1 is 1.03 bits per heavy atom. The molecular weight excluding hydrogens is 386 g/mol. The lowest BCUT2D eigenvalue weighted by molar-refractivity contribution is -0.135. The van der Waals surface area contributed by atoms with Crippen LogP contribution in [0.25, 0.3) is 0 Å². The molecule has 7 heteroatoms. The Morgan fingerprint density at radius 3 is 2.48 bits per heavy atom. The summed E-state index contributed by atoms with van der Waals surface area (Å²) in [6.07, 6.45) is 4.93. The average Bonchev–Trinajstić information content (AvgIpc) is 3.44. The molecule has 1 saturated carbocycles. The summed E-state index contributed by atoms with van der Waals surface area (Å²) >= 11 is 1.33. The zero-order valence-corrected chi connectivity index (χ0v) is 17.2. The molecule has 0 saturated heterocycles. The van der Waals surface area contributed by atoms with E-state index in [9.17, 15) is 14.4 Å². The first-order chi connectivity index (χ1) is 14.1. The minimum absolute atomic E-state index is 0.0110. The fraction of sp³-hybridized carbons (Fsp3) is 0.409. The Labute approximate surface area is 175 Å². The van der Waals surface area contributed by atoms with Gasteiger partial charge in [0.2, 0.25) is 11.8 Å². The van der Waals surface area contributed by atoms with Gasteiger partial charge in [-0.05, 0) is 36.3 Å². The average molecular weight is 414 g/mol. The van der Waals surface area contributed by atoms with Crippen molar-refractivity contribution in [3.8, 4) is 0 Å². The topological polar surface area (TPSA) is 78.5 Å². The van der Waals surface area contributed by atoms with Gasteiger partial charge in [-0.15, -0.1) is 11.3 Å². The first-order valence-corrected chi connectivity index (χ1v) is 10.9. The van der Waals surface area contributed by atoms with Gasteiger partial charge in [0.15, 0.2) is 0 Å². The molecule has 3 rings (SSSR count). The van der Waals surface area contributed by atoms with Crippen molar-refractivity contribution in [2.75, 3.05) is 19.6 Å². The molecular formula is C22H27N3O3S. The molecule has 0 radical (unpaired) electrons. The minimum atomic E-state index is -0.272. The van der Waals surface area contributed by atoms with Crippen LogP contribution in [0.3, 0.4) is 0 Å². The second-order valence-electron chi connectivity index (χ2n) is 7.26. The Kier molecular flexibility index (Phi) is 7.81. The van der Waals surface area contributed by atoms with Crippen LogP contribution in [-0.2, 0) is 16.0 Å². The lowest BCUT2D eigenvalue weighted by atomic mass is 10.1. The molecule has 2 aromatic rings. The van der Waals surface area contributed by atoms with Crippen molar-refractivity contribution >= 4 is 29.1 Å². The predicted molar refractivity (Wildman–Crippen MR) is 114 cm³/mol. The van der Waals surface area contributed by atoms with E-state index in [2.05, 4.69) is 10.6 Å².